The number of benzene rings is 1. The SMILES string of the molecule is CCNC(=O)N(Cc1ccc(N(CC)CC)cc1OS(=O)(=O)CC)C(C)CC. The highest BCUT2D eigenvalue weighted by Gasteiger charge is 2.22. The highest BCUT2D eigenvalue weighted by molar-refractivity contribution is 7.87. The quantitative estimate of drug-likeness (QED) is 0.561. The minimum absolute atomic E-state index is 0.00430. The van der Waals surface area contributed by atoms with Gasteiger partial charge >= 0.3 is 16.1 Å². The summed E-state index contributed by atoms with van der Waals surface area (Å²) in [5.41, 5.74) is 1.56. The Morgan fingerprint density at radius 2 is 1.79 bits per heavy atom. The van der Waals surface area contributed by atoms with E-state index in [9.17, 15) is 13.2 Å². The fraction of sp³-hybridized carbons (Fsp3) is 0.650. The zero-order chi connectivity index (χ0) is 21.3. The topological polar surface area (TPSA) is 79.0 Å². The van der Waals surface area contributed by atoms with E-state index in [0.29, 0.717) is 12.1 Å². The van der Waals surface area contributed by atoms with E-state index in [1.165, 1.54) is 0 Å². The highest BCUT2D eigenvalue weighted by Crippen LogP contribution is 2.29. The maximum absolute atomic E-state index is 12.5. The lowest BCUT2D eigenvalue weighted by molar-refractivity contribution is 0.173. The van der Waals surface area contributed by atoms with Gasteiger partial charge in [-0.05, 0) is 47.1 Å². The van der Waals surface area contributed by atoms with Gasteiger partial charge in [-0.2, -0.15) is 8.42 Å². The van der Waals surface area contributed by atoms with Gasteiger partial charge in [0.1, 0.15) is 5.75 Å². The fourth-order valence-corrected chi connectivity index (χ4v) is 3.36. The van der Waals surface area contributed by atoms with E-state index < -0.39 is 10.1 Å². The maximum Gasteiger partial charge on any atom is 0.317 e. The van der Waals surface area contributed by atoms with Gasteiger partial charge in [-0.1, -0.05) is 13.0 Å². The summed E-state index contributed by atoms with van der Waals surface area (Å²) in [5.74, 6) is 0.164. The van der Waals surface area contributed by atoms with Crippen LogP contribution in [0.2, 0.25) is 0 Å². The molecule has 1 aromatic carbocycles. The molecule has 0 spiro atoms. The van der Waals surface area contributed by atoms with Crippen molar-refractivity contribution < 1.29 is 17.4 Å². The molecule has 1 rings (SSSR count). The van der Waals surface area contributed by atoms with E-state index in [1.54, 1.807) is 17.9 Å². The first-order chi connectivity index (χ1) is 13.2. The van der Waals surface area contributed by atoms with Crippen LogP contribution in [0.3, 0.4) is 0 Å². The normalized spacial score (nSPS) is 12.4. The molecule has 1 aromatic rings. The number of carbonyl (C=O) groups is 1. The lowest BCUT2D eigenvalue weighted by atomic mass is 10.1. The third-order valence-corrected chi connectivity index (χ3v) is 5.94. The number of hydrogen-bond donors (Lipinski definition) is 1. The third kappa shape index (κ3) is 6.58. The Hall–Kier alpha value is -1.96. The van der Waals surface area contributed by atoms with Crippen LogP contribution in [0.25, 0.3) is 0 Å². The highest BCUT2D eigenvalue weighted by atomic mass is 32.2. The third-order valence-electron chi connectivity index (χ3n) is 4.80. The molecule has 0 radical (unpaired) electrons. The molecule has 0 aromatic heterocycles. The van der Waals surface area contributed by atoms with Crippen molar-refractivity contribution in [1.82, 2.24) is 10.2 Å². The van der Waals surface area contributed by atoms with E-state index in [0.717, 1.165) is 25.2 Å². The van der Waals surface area contributed by atoms with Crippen LogP contribution in [0.4, 0.5) is 10.5 Å². The molecule has 0 aliphatic rings. The molecule has 0 aliphatic carbocycles. The molecule has 1 N–H and O–H groups in total. The van der Waals surface area contributed by atoms with Gasteiger partial charge in [0.05, 0.1) is 12.3 Å². The van der Waals surface area contributed by atoms with E-state index in [4.69, 9.17) is 4.18 Å². The van der Waals surface area contributed by atoms with E-state index in [2.05, 4.69) is 10.2 Å². The molecule has 0 saturated carbocycles. The van der Waals surface area contributed by atoms with Crippen LogP contribution in [0.15, 0.2) is 18.2 Å². The minimum Gasteiger partial charge on any atom is -0.382 e. The number of anilines is 1. The molecule has 0 fully saturated rings. The second-order valence-electron chi connectivity index (χ2n) is 6.61. The molecule has 0 aliphatic heterocycles. The number of nitrogens with one attached hydrogen (secondary N) is 1. The van der Waals surface area contributed by atoms with Gasteiger partial charge < -0.3 is 19.3 Å². The zero-order valence-electron chi connectivity index (χ0n) is 18.0. The van der Waals surface area contributed by atoms with Gasteiger partial charge in [-0.3, -0.25) is 0 Å². The molecule has 160 valence electrons. The predicted molar refractivity (Wildman–Crippen MR) is 114 cm³/mol. The largest absolute Gasteiger partial charge is 0.382 e. The first-order valence-corrected chi connectivity index (χ1v) is 11.6. The molecule has 7 nitrogen and oxygen atoms in total. The van der Waals surface area contributed by atoms with Gasteiger partial charge in [-0.25, -0.2) is 4.79 Å². The number of rotatable bonds is 11. The van der Waals surface area contributed by atoms with Crippen molar-refractivity contribution >= 4 is 21.8 Å². The molecule has 0 saturated heterocycles. The second kappa shape index (κ2) is 11.1. The Balaban J connectivity index is 3.35. The fourth-order valence-electron chi connectivity index (χ4n) is 2.82. The summed E-state index contributed by atoms with van der Waals surface area (Å²) in [5, 5.41) is 2.83. The monoisotopic (exact) mass is 413 g/mol. The molecule has 8 heteroatoms. The Kier molecular flexibility index (Phi) is 9.58. The Morgan fingerprint density at radius 1 is 1.14 bits per heavy atom. The number of amides is 2. The standard InChI is InChI=1S/C20H35N3O4S/c1-7-16(6)23(20(24)21-8-2)15-17-12-13-18(22(9-3)10-4)14-19(17)27-28(25,26)11-5/h12-14,16H,7-11,15H2,1-6H3,(H,21,24). The summed E-state index contributed by atoms with van der Waals surface area (Å²) in [4.78, 5) is 16.3. The van der Waals surface area contributed by atoms with Crippen LogP contribution in [0, 0.1) is 0 Å². The van der Waals surface area contributed by atoms with Gasteiger partial charge in [0.2, 0.25) is 0 Å². The molecular formula is C20H35N3O4S. The van der Waals surface area contributed by atoms with E-state index in [-0.39, 0.29) is 30.1 Å². The lowest BCUT2D eigenvalue weighted by Crippen LogP contribution is -2.44. The maximum atomic E-state index is 12.5. The summed E-state index contributed by atoms with van der Waals surface area (Å²) < 4.78 is 29.7. The number of urea groups is 1. The molecule has 0 heterocycles. The number of carbonyl (C=O) groups excluding carboxylic acids is 1. The van der Waals surface area contributed by atoms with Crippen molar-refractivity contribution in [2.45, 2.75) is 60.5 Å². The first kappa shape index (κ1) is 24.1. The van der Waals surface area contributed by atoms with Crippen molar-refractivity contribution in [2.24, 2.45) is 0 Å². The van der Waals surface area contributed by atoms with Gasteiger partial charge in [0.25, 0.3) is 0 Å². The van der Waals surface area contributed by atoms with E-state index >= 15 is 0 Å². The summed E-state index contributed by atoms with van der Waals surface area (Å²) >= 11 is 0. The van der Waals surface area contributed by atoms with Crippen LogP contribution in [-0.2, 0) is 16.7 Å². The summed E-state index contributed by atoms with van der Waals surface area (Å²) in [7, 11) is -3.68. The van der Waals surface area contributed by atoms with Gasteiger partial charge in [0, 0.05) is 43.0 Å². The average Bonchev–Trinajstić information content (AvgIpc) is 2.67. The Bertz CT molecular complexity index is 733. The average molecular weight is 414 g/mol. The number of hydrogen-bond acceptors (Lipinski definition) is 5. The zero-order valence-corrected chi connectivity index (χ0v) is 18.8. The van der Waals surface area contributed by atoms with Crippen molar-refractivity contribution in [2.75, 3.05) is 30.3 Å². The van der Waals surface area contributed by atoms with Crippen LogP contribution in [0.5, 0.6) is 5.75 Å². The van der Waals surface area contributed by atoms with E-state index in [1.807, 2.05) is 46.8 Å². The predicted octanol–water partition coefficient (Wildman–Crippen LogP) is 3.59. The van der Waals surface area contributed by atoms with Crippen LogP contribution < -0.4 is 14.4 Å². The Morgan fingerprint density at radius 3 is 2.29 bits per heavy atom. The first-order valence-electron chi connectivity index (χ1n) is 10.1. The van der Waals surface area contributed by atoms with Crippen molar-refractivity contribution in [3.05, 3.63) is 23.8 Å². The molecule has 0 bridgehead atoms. The van der Waals surface area contributed by atoms with Crippen molar-refractivity contribution in [1.29, 1.82) is 0 Å². The molecule has 1 atom stereocenters. The van der Waals surface area contributed by atoms with Gasteiger partial charge in [0.15, 0.2) is 0 Å². The molecular weight excluding hydrogens is 378 g/mol. The Labute approximate surface area is 170 Å². The van der Waals surface area contributed by atoms with Crippen LogP contribution >= 0.6 is 0 Å². The summed E-state index contributed by atoms with van der Waals surface area (Å²) in [6.07, 6.45) is 0.790. The molecule has 2 amide bonds. The van der Waals surface area contributed by atoms with Crippen molar-refractivity contribution in [3.63, 3.8) is 0 Å². The number of nitrogens with zero attached hydrogens (tertiary/aromatic N) is 2. The molecule has 1 unspecified atom stereocenters. The lowest BCUT2D eigenvalue weighted by Gasteiger charge is -2.30. The minimum atomic E-state index is -3.68. The van der Waals surface area contributed by atoms with Crippen LogP contribution in [-0.4, -0.2) is 50.8 Å². The summed E-state index contributed by atoms with van der Waals surface area (Å²) in [6.45, 7) is 13.9. The van der Waals surface area contributed by atoms with Crippen LogP contribution in [0.1, 0.15) is 53.5 Å². The summed E-state index contributed by atoms with van der Waals surface area (Å²) in [6, 6.07) is 5.38. The second-order valence-corrected chi connectivity index (χ2v) is 8.47. The van der Waals surface area contributed by atoms with Gasteiger partial charge in [-0.15, -0.1) is 0 Å². The van der Waals surface area contributed by atoms with Crippen molar-refractivity contribution in [3.8, 4) is 5.75 Å². The smallest absolute Gasteiger partial charge is 0.317 e. The molecule has 28 heavy (non-hydrogen) atoms.